The van der Waals surface area contributed by atoms with Crippen molar-refractivity contribution in [2.75, 3.05) is 13.1 Å². The van der Waals surface area contributed by atoms with Crippen molar-refractivity contribution in [1.29, 1.82) is 0 Å². The third-order valence-electron chi connectivity index (χ3n) is 5.42. The number of phenols is 1. The summed E-state index contributed by atoms with van der Waals surface area (Å²) in [7, 11) is 0. The SMILES string of the molecule is Cc1ccc(Oc2c(C(F)(F)F)oc3c(C[NH+](CC(C)C)CC(C)C)c(O)ccc3c2=O)cc1. The Hall–Kier alpha value is -3.00. The van der Waals surface area contributed by atoms with Crippen LogP contribution in [0.2, 0.25) is 0 Å². The lowest BCUT2D eigenvalue weighted by Crippen LogP contribution is -3.11. The highest BCUT2D eigenvalue weighted by atomic mass is 19.4. The monoisotopic (exact) mass is 478 g/mol. The summed E-state index contributed by atoms with van der Waals surface area (Å²) in [6.45, 7) is 11.8. The second-order valence-electron chi connectivity index (χ2n) is 9.56. The lowest BCUT2D eigenvalue weighted by atomic mass is 10.1. The zero-order valence-electron chi connectivity index (χ0n) is 20.0. The second kappa shape index (κ2) is 10.1. The molecule has 0 aliphatic carbocycles. The predicted molar refractivity (Wildman–Crippen MR) is 124 cm³/mol. The van der Waals surface area contributed by atoms with Crippen molar-refractivity contribution < 1.29 is 32.3 Å². The standard InChI is InChI=1S/C26H30F3NO4/c1-15(2)12-30(13-16(3)4)14-20-21(31)11-10-19-22(32)24(25(26(27,28)29)34-23(19)20)33-18-8-6-17(5)7-9-18/h6-11,15-16,31H,12-14H2,1-5H3/p+1. The van der Waals surface area contributed by atoms with Crippen LogP contribution < -0.4 is 15.1 Å². The number of aromatic hydroxyl groups is 1. The maximum absolute atomic E-state index is 14.0. The zero-order valence-corrected chi connectivity index (χ0v) is 20.0. The van der Waals surface area contributed by atoms with E-state index in [1.165, 1.54) is 24.3 Å². The molecular weight excluding hydrogens is 447 g/mol. The van der Waals surface area contributed by atoms with E-state index in [1.54, 1.807) is 12.1 Å². The normalized spacial score (nSPS) is 12.3. The van der Waals surface area contributed by atoms with Crippen molar-refractivity contribution in [3.63, 3.8) is 0 Å². The first kappa shape index (κ1) is 25.6. The average molecular weight is 479 g/mol. The Kier molecular flexibility index (Phi) is 7.60. The highest BCUT2D eigenvalue weighted by Gasteiger charge is 2.41. The summed E-state index contributed by atoms with van der Waals surface area (Å²) in [5, 5.41) is 10.5. The van der Waals surface area contributed by atoms with Crippen LogP contribution in [0.5, 0.6) is 17.2 Å². The predicted octanol–water partition coefficient (Wildman–Crippen LogP) is 5.32. The van der Waals surface area contributed by atoms with Crippen LogP contribution in [-0.4, -0.2) is 18.2 Å². The number of alkyl halides is 3. The first-order valence-electron chi connectivity index (χ1n) is 11.3. The summed E-state index contributed by atoms with van der Waals surface area (Å²) in [6, 6.07) is 8.90. The van der Waals surface area contributed by atoms with Gasteiger partial charge in [-0.1, -0.05) is 45.4 Å². The quantitative estimate of drug-likeness (QED) is 0.460. The van der Waals surface area contributed by atoms with E-state index < -0.39 is 23.1 Å². The Morgan fingerprint density at radius 1 is 1.00 bits per heavy atom. The van der Waals surface area contributed by atoms with Crippen LogP contribution in [0.3, 0.4) is 0 Å². The van der Waals surface area contributed by atoms with Crippen LogP contribution in [-0.2, 0) is 12.7 Å². The summed E-state index contributed by atoms with van der Waals surface area (Å²) in [5.74, 6) is -1.90. The summed E-state index contributed by atoms with van der Waals surface area (Å²) in [6.07, 6.45) is -4.97. The molecule has 0 aliphatic rings. The molecule has 3 aromatic rings. The highest BCUT2D eigenvalue weighted by Crippen LogP contribution is 2.39. The van der Waals surface area contributed by atoms with Gasteiger partial charge in [-0.05, 0) is 31.2 Å². The second-order valence-corrected chi connectivity index (χ2v) is 9.56. The first-order chi connectivity index (χ1) is 15.9. The van der Waals surface area contributed by atoms with Gasteiger partial charge in [0.1, 0.15) is 18.0 Å². The van der Waals surface area contributed by atoms with Crippen LogP contribution in [0.15, 0.2) is 45.6 Å². The maximum atomic E-state index is 14.0. The number of aryl methyl sites for hydroxylation is 1. The molecule has 0 unspecified atom stereocenters. The van der Waals surface area contributed by atoms with E-state index in [4.69, 9.17) is 9.15 Å². The highest BCUT2D eigenvalue weighted by molar-refractivity contribution is 5.83. The van der Waals surface area contributed by atoms with Gasteiger partial charge in [-0.3, -0.25) is 4.79 Å². The van der Waals surface area contributed by atoms with Crippen LogP contribution in [0.25, 0.3) is 11.0 Å². The molecule has 0 atom stereocenters. The summed E-state index contributed by atoms with van der Waals surface area (Å²) < 4.78 is 52.7. The Labute approximate surface area is 196 Å². The minimum Gasteiger partial charge on any atom is -0.507 e. The Morgan fingerprint density at radius 2 is 1.59 bits per heavy atom. The molecule has 1 aromatic heterocycles. The van der Waals surface area contributed by atoms with Gasteiger partial charge >= 0.3 is 6.18 Å². The molecule has 0 saturated carbocycles. The van der Waals surface area contributed by atoms with Gasteiger partial charge in [0.05, 0.1) is 24.0 Å². The Morgan fingerprint density at radius 3 is 2.12 bits per heavy atom. The van der Waals surface area contributed by atoms with Crippen molar-refractivity contribution in [1.82, 2.24) is 0 Å². The zero-order chi connectivity index (χ0) is 25.2. The largest absolute Gasteiger partial charge is 0.507 e. The molecule has 0 spiro atoms. The van der Waals surface area contributed by atoms with E-state index in [-0.39, 0.29) is 34.6 Å². The molecule has 1 heterocycles. The Balaban J connectivity index is 2.19. The average Bonchev–Trinajstić information content (AvgIpc) is 2.71. The topological polar surface area (TPSA) is 64.1 Å². The number of quaternary nitrogens is 1. The minimum absolute atomic E-state index is 0.0728. The van der Waals surface area contributed by atoms with Crippen molar-refractivity contribution in [2.45, 2.75) is 47.3 Å². The van der Waals surface area contributed by atoms with Gasteiger partial charge in [-0.25, -0.2) is 0 Å². The van der Waals surface area contributed by atoms with Crippen LogP contribution in [0.1, 0.15) is 44.6 Å². The molecule has 2 aromatic carbocycles. The maximum Gasteiger partial charge on any atom is 0.453 e. The molecule has 0 fully saturated rings. The van der Waals surface area contributed by atoms with Crippen molar-refractivity contribution >= 4 is 11.0 Å². The number of phenolic OH excluding ortho intramolecular Hbond substituents is 1. The molecule has 0 radical (unpaired) electrons. The van der Waals surface area contributed by atoms with Crippen LogP contribution >= 0.6 is 0 Å². The van der Waals surface area contributed by atoms with E-state index >= 15 is 0 Å². The van der Waals surface area contributed by atoms with Crippen LogP contribution in [0, 0.1) is 18.8 Å². The number of fused-ring (bicyclic) bond motifs is 1. The van der Waals surface area contributed by atoms with Gasteiger partial charge in [0.25, 0.3) is 5.76 Å². The summed E-state index contributed by atoms with van der Waals surface area (Å²) in [5.41, 5.74) is -0.134. The van der Waals surface area contributed by atoms with E-state index in [2.05, 4.69) is 27.7 Å². The molecule has 0 amide bonds. The van der Waals surface area contributed by atoms with Crippen molar-refractivity contribution in [2.24, 2.45) is 11.8 Å². The molecule has 184 valence electrons. The number of nitrogens with one attached hydrogen (secondary N) is 1. The smallest absolute Gasteiger partial charge is 0.453 e. The van der Waals surface area contributed by atoms with E-state index in [0.717, 1.165) is 23.6 Å². The van der Waals surface area contributed by atoms with E-state index in [1.807, 2.05) is 6.92 Å². The van der Waals surface area contributed by atoms with E-state index in [9.17, 15) is 23.1 Å². The summed E-state index contributed by atoms with van der Waals surface area (Å²) >= 11 is 0. The Bertz CT molecular complexity index is 1190. The number of ether oxygens (including phenoxy) is 1. The van der Waals surface area contributed by atoms with Gasteiger partial charge in [0, 0.05) is 11.8 Å². The van der Waals surface area contributed by atoms with Gasteiger partial charge in [-0.15, -0.1) is 0 Å². The number of benzene rings is 2. The number of hydrogen-bond acceptors (Lipinski definition) is 4. The molecular formula is C26H31F3NO4+. The molecule has 0 bridgehead atoms. The lowest BCUT2D eigenvalue weighted by Gasteiger charge is -2.24. The van der Waals surface area contributed by atoms with Crippen molar-refractivity contribution in [3.8, 4) is 17.2 Å². The fourth-order valence-corrected chi connectivity index (χ4v) is 4.09. The van der Waals surface area contributed by atoms with Crippen molar-refractivity contribution in [3.05, 3.63) is 63.5 Å². The fourth-order valence-electron chi connectivity index (χ4n) is 4.09. The molecule has 0 saturated heterocycles. The third-order valence-corrected chi connectivity index (χ3v) is 5.42. The third kappa shape index (κ3) is 5.91. The summed E-state index contributed by atoms with van der Waals surface area (Å²) in [4.78, 5) is 14.3. The molecule has 5 nitrogen and oxygen atoms in total. The number of rotatable bonds is 8. The molecule has 3 rings (SSSR count). The van der Waals surface area contributed by atoms with Crippen LogP contribution in [0.4, 0.5) is 13.2 Å². The fraction of sp³-hybridized carbons (Fsp3) is 0.423. The van der Waals surface area contributed by atoms with E-state index in [0.29, 0.717) is 11.8 Å². The lowest BCUT2D eigenvalue weighted by molar-refractivity contribution is -0.919. The molecule has 8 heteroatoms. The number of halogens is 3. The molecule has 34 heavy (non-hydrogen) atoms. The minimum atomic E-state index is -4.97. The van der Waals surface area contributed by atoms with Gasteiger partial charge < -0.3 is 19.2 Å². The van der Waals surface area contributed by atoms with Gasteiger partial charge in [0.15, 0.2) is 5.58 Å². The number of hydrogen-bond donors (Lipinski definition) is 2. The molecule has 0 aliphatic heterocycles. The first-order valence-corrected chi connectivity index (χ1v) is 11.3. The van der Waals surface area contributed by atoms with Gasteiger partial charge in [0.2, 0.25) is 11.2 Å². The van der Waals surface area contributed by atoms with Gasteiger partial charge in [-0.2, -0.15) is 13.2 Å². The molecule has 2 N–H and O–H groups in total.